The average molecular weight is 323 g/mol. The zero-order valence-electron chi connectivity index (χ0n) is 15.3. The van der Waals surface area contributed by atoms with Gasteiger partial charge in [0.05, 0.1) is 19.3 Å². The van der Waals surface area contributed by atoms with Crippen molar-refractivity contribution in [1.82, 2.24) is 4.90 Å². The standard InChI is InChI=1S/C19H33NO3/c1-15(2)13-23-14-19(21)12-20(8-9-22-5)11-18-10-16(3)6-7-17(18)4/h6-7,10,15,19,21H,8-9,11-14H2,1-5H3/t19-/m1/s1. The maximum atomic E-state index is 10.2. The lowest BCUT2D eigenvalue weighted by Crippen LogP contribution is -2.37. The SMILES string of the molecule is COCCN(Cc1cc(C)ccc1C)C[C@@H](O)COCC(C)C. The summed E-state index contributed by atoms with van der Waals surface area (Å²) in [4.78, 5) is 2.23. The Balaban J connectivity index is 2.59. The van der Waals surface area contributed by atoms with Crippen molar-refractivity contribution in [2.24, 2.45) is 5.92 Å². The summed E-state index contributed by atoms with van der Waals surface area (Å²) in [5.74, 6) is 0.488. The molecule has 0 fully saturated rings. The van der Waals surface area contributed by atoms with Gasteiger partial charge in [-0.2, -0.15) is 0 Å². The molecule has 1 N–H and O–H groups in total. The Bertz CT molecular complexity index is 448. The zero-order chi connectivity index (χ0) is 17.2. The molecule has 0 radical (unpaired) electrons. The molecular weight excluding hydrogens is 290 g/mol. The fourth-order valence-electron chi connectivity index (χ4n) is 2.46. The monoisotopic (exact) mass is 323 g/mol. The molecule has 4 heteroatoms. The van der Waals surface area contributed by atoms with Crippen LogP contribution in [0.25, 0.3) is 0 Å². The van der Waals surface area contributed by atoms with Crippen LogP contribution in [0.15, 0.2) is 18.2 Å². The first-order valence-electron chi connectivity index (χ1n) is 8.45. The van der Waals surface area contributed by atoms with Crippen LogP contribution in [-0.2, 0) is 16.0 Å². The van der Waals surface area contributed by atoms with Crippen molar-refractivity contribution in [1.29, 1.82) is 0 Å². The summed E-state index contributed by atoms with van der Waals surface area (Å²) >= 11 is 0. The molecule has 1 aromatic rings. The van der Waals surface area contributed by atoms with E-state index in [0.717, 1.165) is 13.1 Å². The van der Waals surface area contributed by atoms with Crippen molar-refractivity contribution >= 4 is 0 Å². The Morgan fingerprint density at radius 3 is 2.57 bits per heavy atom. The summed E-state index contributed by atoms with van der Waals surface area (Å²) in [5.41, 5.74) is 3.85. The van der Waals surface area contributed by atoms with Gasteiger partial charge in [-0.15, -0.1) is 0 Å². The highest BCUT2D eigenvalue weighted by Crippen LogP contribution is 2.13. The van der Waals surface area contributed by atoms with Crippen molar-refractivity contribution in [3.8, 4) is 0 Å². The maximum Gasteiger partial charge on any atom is 0.0900 e. The first-order chi connectivity index (χ1) is 10.9. The summed E-state index contributed by atoms with van der Waals surface area (Å²) in [6.45, 7) is 12.4. The van der Waals surface area contributed by atoms with Gasteiger partial charge in [-0.1, -0.05) is 37.6 Å². The quantitative estimate of drug-likeness (QED) is 0.680. The predicted molar refractivity (Wildman–Crippen MR) is 94.7 cm³/mol. The van der Waals surface area contributed by atoms with E-state index in [-0.39, 0.29) is 0 Å². The second kappa shape index (κ2) is 10.8. The number of ether oxygens (including phenoxy) is 2. The molecule has 0 aliphatic carbocycles. The van der Waals surface area contributed by atoms with Crippen molar-refractivity contribution in [3.63, 3.8) is 0 Å². The van der Waals surface area contributed by atoms with E-state index < -0.39 is 6.10 Å². The lowest BCUT2D eigenvalue weighted by Gasteiger charge is -2.26. The number of aliphatic hydroxyl groups is 1. The minimum absolute atomic E-state index is 0.383. The Labute approximate surface area is 141 Å². The van der Waals surface area contributed by atoms with Crippen molar-refractivity contribution < 1.29 is 14.6 Å². The Hall–Kier alpha value is -0.940. The summed E-state index contributed by atoms with van der Waals surface area (Å²) in [6.07, 6.45) is -0.476. The molecule has 0 heterocycles. The minimum Gasteiger partial charge on any atom is -0.389 e. The van der Waals surface area contributed by atoms with Crippen LogP contribution in [0.1, 0.15) is 30.5 Å². The number of hydrogen-bond donors (Lipinski definition) is 1. The molecule has 1 atom stereocenters. The van der Waals surface area contributed by atoms with E-state index in [1.165, 1.54) is 16.7 Å². The first-order valence-corrected chi connectivity index (χ1v) is 8.45. The Morgan fingerprint density at radius 1 is 1.17 bits per heavy atom. The normalized spacial score (nSPS) is 13.0. The number of aliphatic hydroxyl groups excluding tert-OH is 1. The van der Waals surface area contributed by atoms with Gasteiger partial charge in [-0.3, -0.25) is 4.90 Å². The van der Waals surface area contributed by atoms with Gasteiger partial charge in [-0.25, -0.2) is 0 Å². The van der Waals surface area contributed by atoms with Gasteiger partial charge < -0.3 is 14.6 Å². The largest absolute Gasteiger partial charge is 0.389 e. The van der Waals surface area contributed by atoms with E-state index in [1.54, 1.807) is 7.11 Å². The van der Waals surface area contributed by atoms with Gasteiger partial charge >= 0.3 is 0 Å². The summed E-state index contributed by atoms with van der Waals surface area (Å²) in [7, 11) is 1.71. The predicted octanol–water partition coefficient (Wildman–Crippen LogP) is 2.79. The van der Waals surface area contributed by atoms with Crippen molar-refractivity contribution in [3.05, 3.63) is 34.9 Å². The van der Waals surface area contributed by atoms with Crippen LogP contribution in [0.4, 0.5) is 0 Å². The fourth-order valence-corrected chi connectivity index (χ4v) is 2.46. The molecule has 0 saturated carbocycles. The Morgan fingerprint density at radius 2 is 1.91 bits per heavy atom. The van der Waals surface area contributed by atoms with E-state index in [9.17, 15) is 5.11 Å². The third-order valence-corrected chi connectivity index (χ3v) is 3.74. The first kappa shape index (κ1) is 20.1. The average Bonchev–Trinajstić information content (AvgIpc) is 2.48. The molecular formula is C19H33NO3. The number of benzene rings is 1. The van der Waals surface area contributed by atoms with Crippen LogP contribution < -0.4 is 0 Å². The second-order valence-corrected chi connectivity index (χ2v) is 6.74. The van der Waals surface area contributed by atoms with E-state index >= 15 is 0 Å². The van der Waals surface area contributed by atoms with E-state index in [0.29, 0.717) is 32.3 Å². The van der Waals surface area contributed by atoms with Gasteiger partial charge in [0.25, 0.3) is 0 Å². The van der Waals surface area contributed by atoms with Crippen molar-refractivity contribution in [2.45, 2.75) is 40.3 Å². The molecule has 23 heavy (non-hydrogen) atoms. The molecule has 0 unspecified atom stereocenters. The van der Waals surface area contributed by atoms with Crippen LogP contribution in [0.5, 0.6) is 0 Å². The summed E-state index contributed by atoms with van der Waals surface area (Å²) in [6, 6.07) is 6.51. The van der Waals surface area contributed by atoms with Crippen LogP contribution in [-0.4, -0.2) is 56.1 Å². The van der Waals surface area contributed by atoms with Gasteiger partial charge in [0.15, 0.2) is 0 Å². The highest BCUT2D eigenvalue weighted by molar-refractivity contribution is 5.30. The molecule has 4 nitrogen and oxygen atoms in total. The van der Waals surface area contributed by atoms with Gasteiger partial charge in [0, 0.05) is 33.4 Å². The summed E-state index contributed by atoms with van der Waals surface area (Å²) < 4.78 is 10.8. The maximum absolute atomic E-state index is 10.2. The molecule has 0 aromatic heterocycles. The van der Waals surface area contributed by atoms with Gasteiger partial charge in [0.2, 0.25) is 0 Å². The van der Waals surface area contributed by atoms with E-state index in [1.807, 2.05) is 0 Å². The van der Waals surface area contributed by atoms with Crippen LogP contribution >= 0.6 is 0 Å². The second-order valence-electron chi connectivity index (χ2n) is 6.74. The zero-order valence-corrected chi connectivity index (χ0v) is 15.3. The third-order valence-electron chi connectivity index (χ3n) is 3.74. The van der Waals surface area contributed by atoms with E-state index in [2.05, 4.69) is 50.8 Å². The van der Waals surface area contributed by atoms with Gasteiger partial charge in [0.1, 0.15) is 0 Å². The molecule has 0 bridgehead atoms. The topological polar surface area (TPSA) is 41.9 Å². The molecule has 0 aliphatic rings. The molecule has 1 aromatic carbocycles. The van der Waals surface area contributed by atoms with E-state index in [4.69, 9.17) is 9.47 Å². The molecule has 0 aliphatic heterocycles. The molecule has 0 amide bonds. The lowest BCUT2D eigenvalue weighted by molar-refractivity contribution is 0.00333. The number of aryl methyl sites for hydroxylation is 2. The number of rotatable bonds is 11. The van der Waals surface area contributed by atoms with Gasteiger partial charge in [-0.05, 0) is 30.9 Å². The molecule has 132 valence electrons. The third kappa shape index (κ3) is 8.47. The van der Waals surface area contributed by atoms with Crippen LogP contribution in [0.2, 0.25) is 0 Å². The number of methoxy groups -OCH3 is 1. The van der Waals surface area contributed by atoms with Crippen LogP contribution in [0.3, 0.4) is 0 Å². The molecule has 1 rings (SSSR count). The summed E-state index contributed by atoms with van der Waals surface area (Å²) in [5, 5.41) is 10.2. The smallest absolute Gasteiger partial charge is 0.0900 e. The van der Waals surface area contributed by atoms with Crippen LogP contribution in [0, 0.1) is 19.8 Å². The fraction of sp³-hybridized carbons (Fsp3) is 0.684. The van der Waals surface area contributed by atoms with Crippen molar-refractivity contribution in [2.75, 3.05) is 40.0 Å². The lowest BCUT2D eigenvalue weighted by atomic mass is 10.1. The number of nitrogens with zero attached hydrogens (tertiary/aromatic N) is 1. The minimum atomic E-state index is -0.476. The number of hydrogen-bond acceptors (Lipinski definition) is 4. The molecule has 0 saturated heterocycles. The Kier molecular flexibility index (Phi) is 9.41. The highest BCUT2D eigenvalue weighted by atomic mass is 16.5. The highest BCUT2D eigenvalue weighted by Gasteiger charge is 2.14. The molecule has 0 spiro atoms.